The van der Waals surface area contributed by atoms with Crippen LogP contribution in [0, 0.1) is 18.8 Å². The van der Waals surface area contributed by atoms with Gasteiger partial charge in [0, 0.05) is 18.7 Å². The van der Waals surface area contributed by atoms with Gasteiger partial charge < -0.3 is 15.9 Å². The van der Waals surface area contributed by atoms with E-state index >= 15 is 0 Å². The topological polar surface area (TPSA) is 104 Å². The standard InChI is InChI=1S/C14H20N2O4S/c1-12-4-5-14(13(11-12)3-2-6-15)21(19,20)16(7-9-17)8-10-18/h4-5,11,17-18H,6-10,15H2,1H3. The van der Waals surface area contributed by atoms with Crippen molar-refractivity contribution in [2.24, 2.45) is 5.73 Å². The van der Waals surface area contributed by atoms with Crippen LogP contribution in [0.4, 0.5) is 0 Å². The summed E-state index contributed by atoms with van der Waals surface area (Å²) in [6.07, 6.45) is 0. The molecule has 0 aromatic heterocycles. The van der Waals surface area contributed by atoms with Crippen LogP contribution in [-0.4, -0.2) is 55.8 Å². The number of hydrogen-bond donors (Lipinski definition) is 3. The van der Waals surface area contributed by atoms with E-state index in [2.05, 4.69) is 11.8 Å². The monoisotopic (exact) mass is 312 g/mol. The highest BCUT2D eigenvalue weighted by Crippen LogP contribution is 2.21. The summed E-state index contributed by atoms with van der Waals surface area (Å²) in [5, 5.41) is 18.0. The Bertz CT molecular complexity index is 626. The molecule has 0 heterocycles. The molecular formula is C14H20N2O4S. The fourth-order valence-corrected chi connectivity index (χ4v) is 3.38. The number of sulfonamides is 1. The summed E-state index contributed by atoms with van der Waals surface area (Å²) in [5.41, 5.74) is 6.57. The summed E-state index contributed by atoms with van der Waals surface area (Å²) in [5.74, 6) is 5.40. The molecule has 0 amide bonds. The number of nitrogens with two attached hydrogens (primary N) is 1. The number of nitrogens with zero attached hydrogens (tertiary/aromatic N) is 1. The fourth-order valence-electron chi connectivity index (χ4n) is 1.83. The van der Waals surface area contributed by atoms with Gasteiger partial charge in [-0.05, 0) is 24.6 Å². The lowest BCUT2D eigenvalue weighted by Crippen LogP contribution is -2.36. The third-order valence-electron chi connectivity index (χ3n) is 2.78. The molecule has 0 aliphatic carbocycles. The van der Waals surface area contributed by atoms with Crippen molar-refractivity contribution in [1.29, 1.82) is 0 Å². The Kier molecular flexibility index (Phi) is 6.81. The second-order valence-electron chi connectivity index (χ2n) is 4.36. The lowest BCUT2D eigenvalue weighted by Gasteiger charge is -2.21. The van der Waals surface area contributed by atoms with Gasteiger partial charge in [-0.1, -0.05) is 17.9 Å². The molecule has 0 radical (unpaired) electrons. The molecule has 0 aliphatic heterocycles. The number of aryl methyl sites for hydroxylation is 1. The van der Waals surface area contributed by atoms with Gasteiger partial charge in [-0.25, -0.2) is 8.42 Å². The van der Waals surface area contributed by atoms with Crippen molar-refractivity contribution in [2.45, 2.75) is 11.8 Å². The summed E-state index contributed by atoms with van der Waals surface area (Å²) in [6.45, 7) is 1.15. The van der Waals surface area contributed by atoms with Gasteiger partial charge in [-0.15, -0.1) is 0 Å². The highest BCUT2D eigenvalue weighted by molar-refractivity contribution is 7.89. The van der Waals surface area contributed by atoms with Crippen LogP contribution >= 0.6 is 0 Å². The quantitative estimate of drug-likeness (QED) is 0.602. The summed E-state index contributed by atoms with van der Waals surface area (Å²) in [7, 11) is -3.83. The number of benzene rings is 1. The molecule has 21 heavy (non-hydrogen) atoms. The first-order chi connectivity index (χ1) is 9.97. The molecule has 4 N–H and O–H groups in total. The van der Waals surface area contributed by atoms with Crippen LogP contribution in [0.1, 0.15) is 11.1 Å². The Morgan fingerprint density at radius 1 is 1.24 bits per heavy atom. The maximum Gasteiger partial charge on any atom is 0.244 e. The van der Waals surface area contributed by atoms with Crippen molar-refractivity contribution in [1.82, 2.24) is 4.31 Å². The Morgan fingerprint density at radius 3 is 2.38 bits per heavy atom. The minimum absolute atomic E-state index is 0.0518. The number of aliphatic hydroxyl groups excluding tert-OH is 2. The third kappa shape index (κ3) is 4.52. The first kappa shape index (κ1) is 17.6. The van der Waals surface area contributed by atoms with Crippen LogP contribution in [0.2, 0.25) is 0 Å². The second kappa shape index (κ2) is 8.12. The first-order valence-electron chi connectivity index (χ1n) is 6.48. The molecule has 0 bridgehead atoms. The van der Waals surface area contributed by atoms with E-state index in [4.69, 9.17) is 15.9 Å². The van der Waals surface area contributed by atoms with Gasteiger partial charge in [0.2, 0.25) is 10.0 Å². The molecule has 7 heteroatoms. The molecule has 116 valence electrons. The molecule has 6 nitrogen and oxygen atoms in total. The van der Waals surface area contributed by atoms with Gasteiger partial charge >= 0.3 is 0 Å². The highest BCUT2D eigenvalue weighted by atomic mass is 32.2. The van der Waals surface area contributed by atoms with E-state index in [1.807, 2.05) is 6.92 Å². The summed E-state index contributed by atoms with van der Waals surface area (Å²) in [6, 6.07) is 4.83. The average molecular weight is 312 g/mol. The maximum absolute atomic E-state index is 12.6. The lowest BCUT2D eigenvalue weighted by molar-refractivity contribution is 0.217. The zero-order valence-corrected chi connectivity index (χ0v) is 12.7. The van der Waals surface area contributed by atoms with Gasteiger partial charge in [-0.2, -0.15) is 4.31 Å². The van der Waals surface area contributed by atoms with Crippen molar-refractivity contribution in [3.05, 3.63) is 29.3 Å². The van der Waals surface area contributed by atoms with E-state index in [-0.39, 0.29) is 37.7 Å². The molecule has 0 aliphatic rings. The Morgan fingerprint density at radius 2 is 1.86 bits per heavy atom. The van der Waals surface area contributed by atoms with Crippen LogP contribution in [0.15, 0.2) is 23.1 Å². The molecule has 0 spiro atoms. The molecule has 1 aromatic rings. The van der Waals surface area contributed by atoms with Crippen molar-refractivity contribution in [3.63, 3.8) is 0 Å². The zero-order chi connectivity index (χ0) is 15.9. The van der Waals surface area contributed by atoms with E-state index in [1.165, 1.54) is 6.07 Å². The number of rotatable bonds is 6. The number of aliphatic hydroxyl groups is 2. The molecule has 0 saturated heterocycles. The van der Waals surface area contributed by atoms with E-state index < -0.39 is 10.0 Å². The van der Waals surface area contributed by atoms with Crippen molar-refractivity contribution < 1.29 is 18.6 Å². The first-order valence-corrected chi connectivity index (χ1v) is 7.92. The zero-order valence-electron chi connectivity index (χ0n) is 11.9. The maximum atomic E-state index is 12.6. The second-order valence-corrected chi connectivity index (χ2v) is 6.26. The van der Waals surface area contributed by atoms with E-state index in [9.17, 15) is 8.42 Å². The van der Waals surface area contributed by atoms with E-state index in [0.717, 1.165) is 9.87 Å². The van der Waals surface area contributed by atoms with Crippen LogP contribution in [0.25, 0.3) is 0 Å². The lowest BCUT2D eigenvalue weighted by atomic mass is 10.1. The van der Waals surface area contributed by atoms with Crippen LogP contribution in [0.5, 0.6) is 0 Å². The average Bonchev–Trinajstić information content (AvgIpc) is 2.44. The molecule has 0 saturated carbocycles. The van der Waals surface area contributed by atoms with Gasteiger partial charge in [0.1, 0.15) is 0 Å². The molecule has 0 unspecified atom stereocenters. The van der Waals surface area contributed by atoms with Crippen molar-refractivity contribution in [2.75, 3.05) is 32.8 Å². The minimum atomic E-state index is -3.83. The van der Waals surface area contributed by atoms with Gasteiger partial charge in [0.15, 0.2) is 0 Å². The Balaban J connectivity index is 3.35. The smallest absolute Gasteiger partial charge is 0.244 e. The van der Waals surface area contributed by atoms with Crippen molar-refractivity contribution >= 4 is 10.0 Å². The summed E-state index contributed by atoms with van der Waals surface area (Å²) >= 11 is 0. The van der Waals surface area contributed by atoms with E-state index in [0.29, 0.717) is 5.56 Å². The summed E-state index contributed by atoms with van der Waals surface area (Å²) in [4.78, 5) is 0.0518. The summed E-state index contributed by atoms with van der Waals surface area (Å²) < 4.78 is 26.3. The molecule has 0 fully saturated rings. The largest absolute Gasteiger partial charge is 0.395 e. The van der Waals surface area contributed by atoms with Gasteiger partial charge in [0.25, 0.3) is 0 Å². The van der Waals surface area contributed by atoms with E-state index in [1.54, 1.807) is 12.1 Å². The Labute approximate surface area is 125 Å². The molecular weight excluding hydrogens is 292 g/mol. The van der Waals surface area contributed by atoms with Crippen LogP contribution in [0.3, 0.4) is 0 Å². The third-order valence-corrected chi connectivity index (χ3v) is 4.73. The van der Waals surface area contributed by atoms with Crippen LogP contribution < -0.4 is 5.73 Å². The predicted molar refractivity (Wildman–Crippen MR) is 80.0 cm³/mol. The molecule has 1 aromatic carbocycles. The predicted octanol–water partition coefficient (Wildman–Crippen LogP) is -0.719. The number of hydrogen-bond acceptors (Lipinski definition) is 5. The Hall–Kier alpha value is -1.43. The SMILES string of the molecule is Cc1ccc(S(=O)(=O)N(CCO)CCO)c(C#CCN)c1. The van der Waals surface area contributed by atoms with Crippen molar-refractivity contribution in [3.8, 4) is 11.8 Å². The highest BCUT2D eigenvalue weighted by Gasteiger charge is 2.25. The molecule has 0 atom stereocenters. The molecule has 1 rings (SSSR count). The van der Waals surface area contributed by atoms with Gasteiger partial charge in [-0.3, -0.25) is 0 Å². The fraction of sp³-hybridized carbons (Fsp3) is 0.429. The normalized spacial score (nSPS) is 11.3. The van der Waals surface area contributed by atoms with Crippen LogP contribution in [-0.2, 0) is 10.0 Å². The minimum Gasteiger partial charge on any atom is -0.395 e. The van der Waals surface area contributed by atoms with Gasteiger partial charge in [0.05, 0.1) is 24.7 Å².